The lowest BCUT2D eigenvalue weighted by Gasteiger charge is -2.33. The van der Waals surface area contributed by atoms with Crippen LogP contribution in [0.25, 0.3) is 0 Å². The number of rotatable bonds is 10. The van der Waals surface area contributed by atoms with Crippen LogP contribution in [0.2, 0.25) is 0 Å². The average molecular weight is 396 g/mol. The number of ether oxygens (including phenoxy) is 3. The predicted octanol–water partition coefficient (Wildman–Crippen LogP) is 4.55. The van der Waals surface area contributed by atoms with Crippen LogP contribution in [0.3, 0.4) is 0 Å². The number of Topliss-reactive ketones (excluding diaryl/α,β-unsaturated/α-hetero) is 1. The minimum atomic E-state index is -1.53. The Kier molecular flexibility index (Phi) is 8.42. The molecule has 1 aromatic carbocycles. The molecule has 1 rings (SSSR count). The molecule has 7 heteroatoms. The Bertz CT molecular complexity index is 665. The first-order chi connectivity index (χ1) is 12.7. The molecule has 0 aliphatic carbocycles. The summed E-state index contributed by atoms with van der Waals surface area (Å²) in [4.78, 5) is 26.3. The molecule has 0 heterocycles. The maximum atomic E-state index is 13.5. The van der Waals surface area contributed by atoms with Crippen molar-refractivity contribution in [3.05, 3.63) is 23.8 Å². The third-order valence-corrected chi connectivity index (χ3v) is 5.56. The summed E-state index contributed by atoms with van der Waals surface area (Å²) in [6.45, 7) is 8.76. The van der Waals surface area contributed by atoms with E-state index in [-0.39, 0.29) is 23.4 Å². The highest BCUT2D eigenvalue weighted by Gasteiger charge is 2.50. The minimum Gasteiger partial charge on any atom is -0.496 e. The van der Waals surface area contributed by atoms with Crippen LogP contribution in [0.5, 0.6) is 11.5 Å². The number of esters is 1. The van der Waals surface area contributed by atoms with Crippen molar-refractivity contribution in [3.8, 4) is 11.5 Å². The fraction of sp³-hybridized carbons (Fsp3) is 0.600. The molecule has 0 saturated carbocycles. The van der Waals surface area contributed by atoms with Crippen LogP contribution in [0.15, 0.2) is 18.2 Å². The van der Waals surface area contributed by atoms with Crippen molar-refractivity contribution in [3.63, 3.8) is 0 Å². The van der Waals surface area contributed by atoms with Crippen LogP contribution >= 0.6 is 8.46 Å². The van der Waals surface area contributed by atoms with Crippen LogP contribution in [0, 0.1) is 11.8 Å². The van der Waals surface area contributed by atoms with E-state index in [0.717, 1.165) is 0 Å². The Morgan fingerprint density at radius 2 is 1.63 bits per heavy atom. The zero-order valence-corrected chi connectivity index (χ0v) is 18.0. The summed E-state index contributed by atoms with van der Waals surface area (Å²) < 4.78 is 28.2. The highest BCUT2D eigenvalue weighted by atomic mass is 31.1. The van der Waals surface area contributed by atoms with E-state index in [1.807, 2.05) is 20.8 Å². The Morgan fingerprint density at radius 1 is 1.11 bits per heavy atom. The van der Waals surface area contributed by atoms with Crippen LogP contribution < -0.4 is 9.47 Å². The molecule has 0 aliphatic rings. The van der Waals surface area contributed by atoms with Gasteiger partial charge in [0, 0.05) is 0 Å². The first-order valence-electron chi connectivity index (χ1n) is 8.98. The quantitative estimate of drug-likeness (QED) is 0.328. The zero-order chi connectivity index (χ0) is 20.8. The number of hydrogen-bond acceptors (Lipinski definition) is 6. The van der Waals surface area contributed by atoms with Gasteiger partial charge in [-0.15, -0.1) is 0 Å². The largest absolute Gasteiger partial charge is 0.496 e. The maximum absolute atomic E-state index is 13.5. The Balaban J connectivity index is 3.49. The molecule has 3 unspecified atom stereocenters. The Morgan fingerprint density at radius 3 is 2.00 bits per heavy atom. The van der Waals surface area contributed by atoms with Crippen LogP contribution in [0.1, 0.15) is 51.4 Å². The number of carbonyl (C=O) groups excluding carboxylic acids is 2. The first kappa shape index (κ1) is 23.1. The molecule has 0 aromatic heterocycles. The lowest BCUT2D eigenvalue weighted by atomic mass is 9.77. The number of benzene rings is 1. The Hall–Kier alpha value is -1.94. The molecule has 150 valence electrons. The first-order valence-corrected chi connectivity index (χ1v) is 9.79. The van der Waals surface area contributed by atoms with Crippen LogP contribution in [-0.2, 0) is 14.1 Å². The molecule has 27 heavy (non-hydrogen) atoms. The lowest BCUT2D eigenvalue weighted by Crippen LogP contribution is -2.46. The third-order valence-electron chi connectivity index (χ3n) is 4.71. The minimum absolute atomic E-state index is 0.229. The number of ketones is 1. The molecule has 0 bridgehead atoms. The molecule has 0 fully saturated rings. The molecule has 0 aliphatic heterocycles. The lowest BCUT2D eigenvalue weighted by molar-refractivity contribution is -0.152. The average Bonchev–Trinajstić information content (AvgIpc) is 2.66. The van der Waals surface area contributed by atoms with Gasteiger partial charge in [0.25, 0.3) is 0 Å². The fourth-order valence-electron chi connectivity index (χ4n) is 3.06. The Labute approximate surface area is 162 Å². The summed E-state index contributed by atoms with van der Waals surface area (Å²) >= 11 is 0. The van der Waals surface area contributed by atoms with Crippen LogP contribution in [-0.4, -0.2) is 37.2 Å². The summed E-state index contributed by atoms with van der Waals surface area (Å²) in [5.74, 6) is -1.52. The van der Waals surface area contributed by atoms with Gasteiger partial charge in [-0.3, -0.25) is 14.2 Å². The second-order valence-electron chi connectivity index (χ2n) is 6.99. The molecule has 1 aromatic rings. The van der Waals surface area contributed by atoms with Crippen molar-refractivity contribution in [2.45, 2.75) is 52.3 Å². The van der Waals surface area contributed by atoms with Crippen molar-refractivity contribution >= 4 is 20.2 Å². The molecule has 6 nitrogen and oxygen atoms in total. The van der Waals surface area contributed by atoms with Gasteiger partial charge in [-0.25, -0.2) is 0 Å². The number of carbonyl (C=O) groups is 2. The fourth-order valence-corrected chi connectivity index (χ4v) is 3.72. The van der Waals surface area contributed by atoms with E-state index in [9.17, 15) is 14.2 Å². The van der Waals surface area contributed by atoms with Gasteiger partial charge in [-0.2, -0.15) is 0 Å². The molecule has 0 N–H and O–H groups in total. The van der Waals surface area contributed by atoms with Gasteiger partial charge in [0.05, 0.1) is 26.2 Å². The molecular formula is C20H29O6P. The standard InChI is InChI=1S/C20H29O6P/c1-8-13(4)26-19(22)20(5,27-23)17(12(2)3)18(21)16-14(24-6)10-9-11-15(16)25-7/h9-13,17H,8H2,1-7H3. The van der Waals surface area contributed by atoms with Gasteiger partial charge < -0.3 is 14.2 Å². The predicted molar refractivity (Wildman–Crippen MR) is 104 cm³/mol. The van der Waals surface area contributed by atoms with Gasteiger partial charge in [-0.1, -0.05) is 26.8 Å². The van der Waals surface area contributed by atoms with Gasteiger partial charge in [0.15, 0.2) is 19.4 Å². The SMILES string of the molecule is CCC(C)OC(=O)C(C)(P=O)C(C(=O)c1c(OC)cccc1OC)C(C)C. The summed E-state index contributed by atoms with van der Waals surface area (Å²) in [6.07, 6.45) is 0.292. The van der Waals surface area contributed by atoms with Crippen molar-refractivity contribution in [2.75, 3.05) is 14.2 Å². The maximum Gasteiger partial charge on any atom is 0.324 e. The molecule has 0 spiro atoms. The molecular weight excluding hydrogens is 367 g/mol. The normalized spacial score (nSPS) is 15.7. The molecule has 3 atom stereocenters. The van der Waals surface area contributed by atoms with E-state index in [1.165, 1.54) is 21.1 Å². The summed E-state index contributed by atoms with van der Waals surface area (Å²) in [5, 5.41) is -1.53. The summed E-state index contributed by atoms with van der Waals surface area (Å²) in [5.41, 5.74) is 0.229. The summed E-state index contributed by atoms with van der Waals surface area (Å²) in [7, 11) is 2.44. The van der Waals surface area contributed by atoms with Crippen molar-refractivity contribution in [1.29, 1.82) is 0 Å². The van der Waals surface area contributed by atoms with Crippen molar-refractivity contribution in [2.24, 2.45) is 11.8 Å². The van der Waals surface area contributed by atoms with Gasteiger partial charge in [0.2, 0.25) is 0 Å². The molecule has 0 saturated heterocycles. The monoisotopic (exact) mass is 396 g/mol. The second kappa shape index (κ2) is 9.84. The smallest absolute Gasteiger partial charge is 0.324 e. The highest BCUT2D eigenvalue weighted by Crippen LogP contribution is 2.42. The number of hydrogen-bond donors (Lipinski definition) is 0. The molecule has 0 radical (unpaired) electrons. The van der Waals surface area contributed by atoms with Gasteiger partial charge in [0.1, 0.15) is 17.1 Å². The van der Waals surface area contributed by atoms with Crippen molar-refractivity contribution in [1.82, 2.24) is 0 Å². The van der Waals surface area contributed by atoms with Crippen LogP contribution in [0.4, 0.5) is 0 Å². The van der Waals surface area contributed by atoms with E-state index in [0.29, 0.717) is 17.9 Å². The van der Waals surface area contributed by atoms with E-state index in [4.69, 9.17) is 14.2 Å². The van der Waals surface area contributed by atoms with Gasteiger partial charge >= 0.3 is 5.97 Å². The third kappa shape index (κ3) is 4.86. The second-order valence-corrected chi connectivity index (χ2v) is 8.10. The van der Waals surface area contributed by atoms with E-state index in [2.05, 4.69) is 0 Å². The van der Waals surface area contributed by atoms with E-state index in [1.54, 1.807) is 25.1 Å². The van der Waals surface area contributed by atoms with E-state index < -0.39 is 25.5 Å². The zero-order valence-electron chi connectivity index (χ0n) is 17.1. The van der Waals surface area contributed by atoms with Gasteiger partial charge in [-0.05, 0) is 38.3 Å². The molecule has 0 amide bonds. The van der Waals surface area contributed by atoms with E-state index >= 15 is 0 Å². The number of methoxy groups -OCH3 is 2. The summed E-state index contributed by atoms with van der Waals surface area (Å²) in [6, 6.07) is 5.01. The topological polar surface area (TPSA) is 78.9 Å². The van der Waals surface area contributed by atoms with Crippen molar-refractivity contribution < 1.29 is 28.4 Å². The highest BCUT2D eigenvalue weighted by molar-refractivity contribution is 7.27.